The van der Waals surface area contributed by atoms with Crippen molar-refractivity contribution >= 4 is 17.3 Å². The highest BCUT2D eigenvalue weighted by molar-refractivity contribution is 5.92. The van der Waals surface area contributed by atoms with Gasteiger partial charge < -0.3 is 15.8 Å². The molecule has 4 heteroatoms. The number of nitrogens with one attached hydrogen (secondary N) is 1. The molecule has 3 bridgehead atoms. The van der Waals surface area contributed by atoms with Crippen molar-refractivity contribution < 1.29 is 9.53 Å². The number of hydrogen-bond donors (Lipinski definition) is 2. The van der Waals surface area contributed by atoms with Crippen LogP contribution < -0.4 is 11.1 Å². The molecule has 3 aliphatic carbocycles. The second-order valence-corrected chi connectivity index (χ2v) is 7.94. The number of benzene rings is 1. The van der Waals surface area contributed by atoms with Crippen molar-refractivity contribution in [3.63, 3.8) is 0 Å². The van der Waals surface area contributed by atoms with Crippen LogP contribution in [0.15, 0.2) is 18.2 Å². The summed E-state index contributed by atoms with van der Waals surface area (Å²) < 4.78 is 5.05. The standard InChI is InChI=1S/C20H28N2O2/c1-2-24-20(23)14-5-6-18(17(21)10-14)22-19-11-13-4-3-12-7-15(13)9-16(19)8-12/h5-6,10,12-13,15-16,19,22H,2-4,7-9,11,21H2,1H3. The van der Waals surface area contributed by atoms with Gasteiger partial charge in [-0.15, -0.1) is 0 Å². The van der Waals surface area contributed by atoms with Crippen molar-refractivity contribution in [3.05, 3.63) is 23.8 Å². The first-order valence-electron chi connectivity index (χ1n) is 9.47. The Balaban J connectivity index is 1.48. The number of carbonyl (C=O) groups is 1. The maximum Gasteiger partial charge on any atom is 0.338 e. The van der Waals surface area contributed by atoms with Crippen LogP contribution in [0.1, 0.15) is 55.8 Å². The summed E-state index contributed by atoms with van der Waals surface area (Å²) in [6.45, 7) is 2.19. The summed E-state index contributed by atoms with van der Waals surface area (Å²) in [5.41, 5.74) is 8.34. The number of esters is 1. The molecular weight excluding hydrogens is 300 g/mol. The highest BCUT2D eigenvalue weighted by Gasteiger charge is 2.45. The molecule has 3 aliphatic rings. The van der Waals surface area contributed by atoms with E-state index < -0.39 is 0 Å². The molecule has 5 unspecified atom stereocenters. The first-order chi connectivity index (χ1) is 11.6. The number of ether oxygens (including phenoxy) is 1. The number of hydrogen-bond acceptors (Lipinski definition) is 4. The van der Waals surface area contributed by atoms with Gasteiger partial charge in [0.05, 0.1) is 23.5 Å². The molecule has 0 aromatic heterocycles. The molecule has 0 aliphatic heterocycles. The Labute approximate surface area is 144 Å². The van der Waals surface area contributed by atoms with E-state index >= 15 is 0 Å². The van der Waals surface area contributed by atoms with Crippen molar-refractivity contribution in [2.75, 3.05) is 17.7 Å². The third kappa shape index (κ3) is 2.87. The smallest absolute Gasteiger partial charge is 0.338 e. The lowest BCUT2D eigenvalue weighted by molar-refractivity contribution is 0.0237. The number of fused-ring (bicyclic) bond motifs is 2. The van der Waals surface area contributed by atoms with E-state index in [9.17, 15) is 4.79 Å². The molecule has 3 fully saturated rings. The number of nitrogens with two attached hydrogens (primary N) is 1. The molecule has 3 N–H and O–H groups in total. The molecule has 0 saturated heterocycles. The minimum Gasteiger partial charge on any atom is -0.462 e. The summed E-state index contributed by atoms with van der Waals surface area (Å²) in [7, 11) is 0. The van der Waals surface area contributed by atoms with Gasteiger partial charge in [-0.05, 0) is 80.9 Å². The lowest BCUT2D eigenvalue weighted by atomic mass is 9.56. The third-order valence-corrected chi connectivity index (χ3v) is 6.52. The lowest BCUT2D eigenvalue weighted by Crippen LogP contribution is -2.47. The minimum atomic E-state index is -0.305. The van der Waals surface area contributed by atoms with Crippen molar-refractivity contribution in [3.8, 4) is 0 Å². The van der Waals surface area contributed by atoms with Gasteiger partial charge >= 0.3 is 5.97 Å². The van der Waals surface area contributed by atoms with Gasteiger partial charge in [-0.25, -0.2) is 4.79 Å². The van der Waals surface area contributed by atoms with Crippen molar-refractivity contribution in [2.45, 2.75) is 51.5 Å². The predicted molar refractivity (Wildman–Crippen MR) is 95.9 cm³/mol. The molecule has 4 rings (SSSR count). The largest absolute Gasteiger partial charge is 0.462 e. The molecular formula is C20H28N2O2. The fourth-order valence-electron chi connectivity index (χ4n) is 5.41. The van der Waals surface area contributed by atoms with E-state index in [1.807, 2.05) is 19.1 Å². The molecule has 0 radical (unpaired) electrons. The molecule has 4 nitrogen and oxygen atoms in total. The van der Waals surface area contributed by atoms with E-state index in [2.05, 4.69) is 5.32 Å². The van der Waals surface area contributed by atoms with Gasteiger partial charge in [0.2, 0.25) is 0 Å². The maximum absolute atomic E-state index is 11.8. The van der Waals surface area contributed by atoms with Crippen LogP contribution in [0.2, 0.25) is 0 Å². The molecule has 0 spiro atoms. The van der Waals surface area contributed by atoms with Crippen molar-refractivity contribution in [2.24, 2.45) is 23.7 Å². The van der Waals surface area contributed by atoms with Crippen LogP contribution in [0.25, 0.3) is 0 Å². The lowest BCUT2D eigenvalue weighted by Gasteiger charge is -2.52. The average Bonchev–Trinajstić information content (AvgIpc) is 2.57. The Morgan fingerprint density at radius 2 is 2.00 bits per heavy atom. The predicted octanol–water partition coefficient (Wildman–Crippen LogP) is 4.07. The molecule has 24 heavy (non-hydrogen) atoms. The topological polar surface area (TPSA) is 64.3 Å². The summed E-state index contributed by atoms with van der Waals surface area (Å²) in [6, 6.07) is 6.02. The Bertz CT molecular complexity index is 628. The van der Waals surface area contributed by atoms with Gasteiger partial charge in [-0.2, -0.15) is 0 Å². The van der Waals surface area contributed by atoms with Crippen LogP contribution in [-0.2, 0) is 4.74 Å². The van der Waals surface area contributed by atoms with Crippen molar-refractivity contribution in [1.82, 2.24) is 0 Å². The summed E-state index contributed by atoms with van der Waals surface area (Å²) in [4.78, 5) is 11.8. The van der Waals surface area contributed by atoms with Gasteiger partial charge in [0, 0.05) is 6.04 Å². The number of carbonyl (C=O) groups excluding carboxylic acids is 1. The Kier molecular flexibility index (Phi) is 4.15. The Morgan fingerprint density at radius 3 is 2.79 bits per heavy atom. The monoisotopic (exact) mass is 328 g/mol. The summed E-state index contributed by atoms with van der Waals surface area (Å²) in [6.07, 6.45) is 8.38. The SMILES string of the molecule is CCOC(=O)c1ccc(NC2CC3CCC4CC3CC2C4)c(N)c1. The van der Waals surface area contributed by atoms with E-state index in [4.69, 9.17) is 10.5 Å². The van der Waals surface area contributed by atoms with Gasteiger partial charge in [0.15, 0.2) is 0 Å². The number of nitrogen functional groups attached to an aromatic ring is 1. The normalized spacial score (nSPS) is 34.0. The van der Waals surface area contributed by atoms with E-state index in [-0.39, 0.29) is 5.97 Å². The third-order valence-electron chi connectivity index (χ3n) is 6.52. The highest BCUT2D eigenvalue weighted by atomic mass is 16.5. The van der Waals surface area contributed by atoms with Gasteiger partial charge in [0.25, 0.3) is 0 Å². The van der Waals surface area contributed by atoms with E-state index in [0.29, 0.717) is 23.9 Å². The van der Waals surface area contributed by atoms with Gasteiger partial charge in [0.1, 0.15) is 0 Å². The second-order valence-electron chi connectivity index (χ2n) is 7.94. The van der Waals surface area contributed by atoms with E-state index in [0.717, 1.165) is 29.4 Å². The van der Waals surface area contributed by atoms with Gasteiger partial charge in [-0.1, -0.05) is 6.42 Å². The van der Waals surface area contributed by atoms with Crippen LogP contribution in [0.5, 0.6) is 0 Å². The van der Waals surface area contributed by atoms with Crippen LogP contribution in [0.3, 0.4) is 0 Å². The van der Waals surface area contributed by atoms with Crippen LogP contribution in [0, 0.1) is 23.7 Å². The highest BCUT2D eigenvalue weighted by Crippen LogP contribution is 2.53. The zero-order chi connectivity index (χ0) is 16.7. The zero-order valence-electron chi connectivity index (χ0n) is 14.5. The summed E-state index contributed by atoms with van der Waals surface area (Å²) in [5, 5.41) is 3.71. The zero-order valence-corrected chi connectivity index (χ0v) is 14.5. The molecule has 0 heterocycles. The summed E-state index contributed by atoms with van der Waals surface area (Å²) >= 11 is 0. The van der Waals surface area contributed by atoms with Gasteiger partial charge in [-0.3, -0.25) is 0 Å². The first-order valence-corrected chi connectivity index (χ1v) is 9.47. The molecule has 1 aromatic rings. The Morgan fingerprint density at radius 1 is 1.17 bits per heavy atom. The summed E-state index contributed by atoms with van der Waals surface area (Å²) in [5.74, 6) is 3.31. The average molecular weight is 328 g/mol. The fraction of sp³-hybridized carbons (Fsp3) is 0.650. The molecule has 1 aromatic carbocycles. The maximum atomic E-state index is 11.8. The first kappa shape index (κ1) is 15.8. The molecule has 130 valence electrons. The van der Waals surface area contributed by atoms with E-state index in [1.165, 1.54) is 38.5 Å². The fourth-order valence-corrected chi connectivity index (χ4v) is 5.41. The minimum absolute atomic E-state index is 0.305. The van der Waals surface area contributed by atoms with Crippen LogP contribution in [0.4, 0.5) is 11.4 Å². The second kappa shape index (κ2) is 6.30. The van der Waals surface area contributed by atoms with E-state index in [1.54, 1.807) is 6.07 Å². The quantitative estimate of drug-likeness (QED) is 0.646. The Hall–Kier alpha value is -1.71. The number of rotatable bonds is 4. The molecule has 5 atom stereocenters. The van der Waals surface area contributed by atoms with Crippen molar-refractivity contribution in [1.29, 1.82) is 0 Å². The molecule has 3 saturated carbocycles. The van der Waals surface area contributed by atoms with Crippen LogP contribution in [-0.4, -0.2) is 18.6 Å². The van der Waals surface area contributed by atoms with Crippen LogP contribution >= 0.6 is 0 Å². The molecule has 0 amide bonds. The number of anilines is 2.